The van der Waals surface area contributed by atoms with Crippen LogP contribution >= 0.6 is 0 Å². The van der Waals surface area contributed by atoms with Crippen LogP contribution in [0.5, 0.6) is 0 Å². The van der Waals surface area contributed by atoms with Gasteiger partial charge < -0.3 is 4.90 Å². The number of amides is 1. The fourth-order valence-corrected chi connectivity index (χ4v) is 1.70. The van der Waals surface area contributed by atoms with Crippen molar-refractivity contribution in [1.82, 2.24) is 0 Å². The van der Waals surface area contributed by atoms with Crippen LogP contribution in [-0.4, -0.2) is 13.0 Å². The number of aryl methyl sites for hydroxylation is 2. The number of benzene rings is 1. The predicted molar refractivity (Wildman–Crippen MR) is 51.7 cm³/mol. The summed E-state index contributed by atoms with van der Waals surface area (Å²) in [6, 6.07) is 7.20. The van der Waals surface area contributed by atoms with E-state index in [2.05, 4.69) is 12.1 Å². The summed E-state index contributed by atoms with van der Waals surface area (Å²) < 4.78 is 0. The average Bonchev–Trinajstić information content (AvgIpc) is 2.12. The first-order valence-electron chi connectivity index (χ1n) is 4.46. The average molecular weight is 174 g/mol. The normalized spacial score (nSPS) is 15.8. The van der Waals surface area contributed by atoms with Gasteiger partial charge in [-0.15, -0.1) is 0 Å². The van der Waals surface area contributed by atoms with Gasteiger partial charge >= 0.3 is 0 Å². The van der Waals surface area contributed by atoms with E-state index in [4.69, 9.17) is 0 Å². The Labute approximate surface area is 78.2 Å². The summed E-state index contributed by atoms with van der Waals surface area (Å²) in [6.07, 6.45) is 1.48. The van der Waals surface area contributed by atoms with Gasteiger partial charge in [0.15, 0.2) is 0 Å². The first-order valence-corrected chi connectivity index (χ1v) is 4.46. The highest BCUT2D eigenvalue weighted by Gasteiger charge is 2.20. The number of rotatable bonds is 0. The topological polar surface area (TPSA) is 20.3 Å². The summed E-state index contributed by atoms with van der Waals surface area (Å²) in [6.45, 7) is 2.05. The zero-order valence-electron chi connectivity index (χ0n) is 7.92. The number of nitrogens with zero attached hydrogens (tertiary/aromatic N) is 1. The van der Waals surface area contributed by atoms with Gasteiger partial charge in [-0.05, 0) is 25.0 Å². The summed E-state index contributed by atoms with van der Waals surface area (Å²) in [7, 11) is 1.81. The Morgan fingerprint density at radius 2 is 2.23 bits per heavy atom. The summed E-state index contributed by atoms with van der Waals surface area (Å²) in [5.41, 5.74) is 3.39. The first kappa shape index (κ1) is 8.30. The van der Waals surface area contributed by atoms with Crippen LogP contribution in [0.4, 0.5) is 5.69 Å². The Bertz CT molecular complexity index is 357. The molecule has 1 amide bonds. The van der Waals surface area contributed by atoms with Crippen molar-refractivity contribution in [3.63, 3.8) is 0 Å². The molecule has 0 saturated carbocycles. The summed E-state index contributed by atoms with van der Waals surface area (Å²) in [4.78, 5) is 13.0. The van der Waals surface area contributed by atoms with Crippen molar-refractivity contribution in [1.29, 1.82) is 0 Å². The quantitative estimate of drug-likeness (QED) is 0.586. The van der Waals surface area contributed by atoms with Crippen molar-refractivity contribution in [2.45, 2.75) is 19.8 Å². The van der Waals surface area contributed by atoms with Crippen LogP contribution in [0.3, 0.4) is 0 Å². The maximum absolute atomic E-state index is 11.3. The second-order valence-electron chi connectivity index (χ2n) is 3.50. The predicted octanol–water partition coefficient (Wildman–Crippen LogP) is 1.70. The third-order valence-corrected chi connectivity index (χ3v) is 2.46. The minimum absolute atomic E-state index is 0.188. The molecule has 0 saturated heterocycles. The molecular weight excluding hydrogens is 162 g/mol. The molecule has 0 aliphatic carbocycles. The van der Waals surface area contributed by atoms with Gasteiger partial charge in [-0.1, -0.05) is 11.6 Å². The molecule has 1 aromatic rings. The lowest BCUT2D eigenvalue weighted by Crippen LogP contribution is -2.31. The van der Waals surface area contributed by atoms with Gasteiger partial charge in [-0.3, -0.25) is 4.79 Å². The van der Waals surface area contributed by atoms with Gasteiger partial charge in [-0.2, -0.15) is 0 Å². The molecule has 0 atom stereocenters. The lowest BCUT2D eigenvalue weighted by molar-refractivity contribution is -0.118. The zero-order valence-corrected chi connectivity index (χ0v) is 7.92. The van der Waals surface area contributed by atoms with E-state index < -0.39 is 0 Å². The highest BCUT2D eigenvalue weighted by atomic mass is 16.2. The van der Waals surface area contributed by atoms with Crippen molar-refractivity contribution in [3.8, 4) is 0 Å². The van der Waals surface area contributed by atoms with Crippen LogP contribution in [0, 0.1) is 13.0 Å². The second kappa shape index (κ2) is 2.87. The Balaban J connectivity index is 2.49. The lowest BCUT2D eigenvalue weighted by Gasteiger charge is -2.25. The van der Waals surface area contributed by atoms with Crippen molar-refractivity contribution in [2.75, 3.05) is 11.9 Å². The Morgan fingerprint density at radius 1 is 1.46 bits per heavy atom. The summed E-state index contributed by atoms with van der Waals surface area (Å²) in [5.74, 6) is 0.188. The third-order valence-electron chi connectivity index (χ3n) is 2.46. The number of anilines is 1. The molecule has 0 unspecified atom stereocenters. The molecule has 1 aliphatic heterocycles. The monoisotopic (exact) mass is 174 g/mol. The molecule has 0 fully saturated rings. The molecular formula is C11H12NO. The molecule has 2 rings (SSSR count). The SMILES string of the molecule is Cc1c[c]c2c(c1)CCC(=O)N2C. The number of fused-ring (bicyclic) bond motifs is 1. The second-order valence-corrected chi connectivity index (χ2v) is 3.50. The number of hydrogen-bond donors (Lipinski definition) is 0. The fourth-order valence-electron chi connectivity index (χ4n) is 1.70. The lowest BCUT2D eigenvalue weighted by atomic mass is 10.00. The first-order chi connectivity index (χ1) is 6.18. The van der Waals surface area contributed by atoms with Crippen LogP contribution in [0.25, 0.3) is 0 Å². The largest absolute Gasteiger partial charge is 0.315 e. The van der Waals surface area contributed by atoms with Gasteiger partial charge in [0.2, 0.25) is 5.91 Å². The van der Waals surface area contributed by atoms with Crippen molar-refractivity contribution in [2.24, 2.45) is 0 Å². The maximum Gasteiger partial charge on any atom is 0.227 e. The van der Waals surface area contributed by atoms with Gasteiger partial charge in [0.25, 0.3) is 0 Å². The molecule has 67 valence electrons. The van der Waals surface area contributed by atoms with E-state index in [1.54, 1.807) is 4.90 Å². The number of carbonyl (C=O) groups is 1. The fraction of sp³-hybridized carbons (Fsp3) is 0.364. The summed E-state index contributed by atoms with van der Waals surface area (Å²) in [5, 5.41) is 0. The molecule has 1 aromatic carbocycles. The van der Waals surface area contributed by atoms with E-state index in [-0.39, 0.29) is 5.91 Å². The highest BCUT2D eigenvalue weighted by Crippen LogP contribution is 2.26. The molecule has 2 heteroatoms. The van der Waals surface area contributed by atoms with Crippen LogP contribution in [0.2, 0.25) is 0 Å². The van der Waals surface area contributed by atoms with Crippen LogP contribution < -0.4 is 4.90 Å². The molecule has 0 spiro atoms. The molecule has 0 N–H and O–H groups in total. The van der Waals surface area contributed by atoms with Gasteiger partial charge in [0.1, 0.15) is 0 Å². The van der Waals surface area contributed by atoms with E-state index in [0.717, 1.165) is 12.1 Å². The van der Waals surface area contributed by atoms with Gasteiger partial charge in [0, 0.05) is 19.5 Å². The van der Waals surface area contributed by atoms with E-state index in [1.807, 2.05) is 20.0 Å². The molecule has 1 heterocycles. The van der Waals surface area contributed by atoms with Crippen molar-refractivity contribution >= 4 is 11.6 Å². The highest BCUT2D eigenvalue weighted by molar-refractivity contribution is 5.95. The van der Waals surface area contributed by atoms with E-state index >= 15 is 0 Å². The van der Waals surface area contributed by atoms with Crippen LogP contribution in [-0.2, 0) is 11.2 Å². The molecule has 0 bridgehead atoms. The van der Waals surface area contributed by atoms with Crippen LogP contribution in [0.15, 0.2) is 12.1 Å². The van der Waals surface area contributed by atoms with Crippen molar-refractivity contribution < 1.29 is 4.79 Å². The smallest absolute Gasteiger partial charge is 0.227 e. The molecule has 0 aromatic heterocycles. The Kier molecular flexibility index (Phi) is 1.83. The molecule has 1 aliphatic rings. The standard InChI is InChI=1S/C11H12NO/c1-8-3-5-10-9(7-8)4-6-11(13)12(10)2/h3,7H,4,6H2,1-2H3. The Hall–Kier alpha value is -1.31. The van der Waals surface area contributed by atoms with E-state index in [9.17, 15) is 4.79 Å². The molecule has 1 radical (unpaired) electrons. The Morgan fingerprint density at radius 3 is 3.00 bits per heavy atom. The molecule has 13 heavy (non-hydrogen) atoms. The van der Waals surface area contributed by atoms with E-state index in [1.165, 1.54) is 11.1 Å². The van der Waals surface area contributed by atoms with Crippen LogP contribution in [0.1, 0.15) is 17.5 Å². The van der Waals surface area contributed by atoms with Gasteiger partial charge in [-0.25, -0.2) is 0 Å². The summed E-state index contributed by atoms with van der Waals surface area (Å²) >= 11 is 0. The molecule has 2 nitrogen and oxygen atoms in total. The zero-order chi connectivity index (χ0) is 9.42. The number of carbonyl (C=O) groups excluding carboxylic acids is 1. The minimum Gasteiger partial charge on any atom is -0.315 e. The van der Waals surface area contributed by atoms with E-state index in [0.29, 0.717) is 6.42 Å². The maximum atomic E-state index is 11.3. The number of hydrogen-bond acceptors (Lipinski definition) is 1. The van der Waals surface area contributed by atoms with Crippen molar-refractivity contribution in [3.05, 3.63) is 29.3 Å². The minimum atomic E-state index is 0.188. The van der Waals surface area contributed by atoms with Gasteiger partial charge in [0.05, 0.1) is 5.69 Å². The third kappa shape index (κ3) is 1.32.